The lowest BCUT2D eigenvalue weighted by atomic mass is 9.73. The lowest BCUT2D eigenvalue weighted by Gasteiger charge is -2.28. The van der Waals surface area contributed by atoms with E-state index in [0.29, 0.717) is 0 Å². The van der Waals surface area contributed by atoms with Crippen LogP contribution in [0.2, 0.25) is 0 Å². The molecule has 0 N–H and O–H groups in total. The molecular formula is C63H40N2O. The highest BCUT2D eigenvalue weighted by molar-refractivity contribution is 6.09. The number of furan rings is 1. The van der Waals surface area contributed by atoms with Crippen LogP contribution in [0.25, 0.3) is 83.0 Å². The zero-order chi connectivity index (χ0) is 43.3. The van der Waals surface area contributed by atoms with E-state index in [1.807, 2.05) is 0 Å². The van der Waals surface area contributed by atoms with Crippen molar-refractivity contribution in [3.8, 4) is 50.2 Å². The Hall–Kier alpha value is -8.66. The summed E-state index contributed by atoms with van der Waals surface area (Å²) in [6.07, 6.45) is 0. The Morgan fingerprint density at radius 3 is 1.47 bits per heavy atom. The largest absolute Gasteiger partial charge is 0.459 e. The number of rotatable bonds is 6. The van der Waals surface area contributed by atoms with Crippen LogP contribution in [0.1, 0.15) is 22.5 Å². The molecule has 0 amide bonds. The zero-order valence-electron chi connectivity index (χ0n) is 35.9. The molecule has 0 saturated heterocycles. The second-order valence-corrected chi connectivity index (χ2v) is 17.6. The summed E-state index contributed by atoms with van der Waals surface area (Å²) in [5.74, 6) is 1.00. The predicted octanol–water partition coefficient (Wildman–Crippen LogP) is 16.7. The highest BCUT2D eigenvalue weighted by Gasteiger charge is 2.55. The number of hydrogen-bond acceptors (Lipinski definition) is 2. The van der Waals surface area contributed by atoms with Gasteiger partial charge in [-0.15, -0.1) is 0 Å². The van der Waals surface area contributed by atoms with E-state index in [1.165, 1.54) is 83.0 Å². The third-order valence-corrected chi connectivity index (χ3v) is 14.2. The van der Waals surface area contributed by atoms with E-state index in [4.69, 9.17) is 4.42 Å². The van der Waals surface area contributed by atoms with Gasteiger partial charge in [-0.1, -0.05) is 164 Å². The van der Waals surface area contributed by atoms with Gasteiger partial charge in [0.15, 0.2) is 0 Å². The molecule has 0 radical (unpaired) electrons. The molecule has 0 fully saturated rings. The molecule has 308 valence electrons. The van der Waals surface area contributed by atoms with Crippen LogP contribution in [-0.4, -0.2) is 4.57 Å². The smallest absolute Gasteiger partial charge is 0.135 e. The third kappa shape index (κ3) is 5.20. The predicted molar refractivity (Wildman–Crippen MR) is 272 cm³/mol. The Morgan fingerprint density at radius 1 is 0.348 bits per heavy atom. The molecule has 14 rings (SSSR count). The van der Waals surface area contributed by atoms with Crippen molar-refractivity contribution in [3.63, 3.8) is 0 Å². The van der Waals surface area contributed by atoms with E-state index >= 15 is 0 Å². The van der Waals surface area contributed by atoms with E-state index in [2.05, 4.69) is 252 Å². The van der Waals surface area contributed by atoms with Crippen molar-refractivity contribution in [3.05, 3.63) is 265 Å². The van der Waals surface area contributed by atoms with Gasteiger partial charge in [-0.25, -0.2) is 0 Å². The Kier molecular flexibility index (Phi) is 7.90. The molecule has 1 atom stereocenters. The number of anilines is 3. The van der Waals surface area contributed by atoms with Crippen molar-refractivity contribution in [2.24, 2.45) is 0 Å². The van der Waals surface area contributed by atoms with Gasteiger partial charge in [-0.05, 0) is 134 Å². The number of benzene rings is 10. The molecule has 3 heteroatoms. The van der Waals surface area contributed by atoms with Gasteiger partial charge in [0.25, 0.3) is 0 Å². The van der Waals surface area contributed by atoms with Crippen LogP contribution < -0.4 is 4.90 Å². The lowest BCUT2D eigenvalue weighted by molar-refractivity contribution is 0.507. The van der Waals surface area contributed by atoms with Gasteiger partial charge in [0.05, 0.1) is 11.0 Å². The van der Waals surface area contributed by atoms with Crippen molar-refractivity contribution >= 4 is 49.8 Å². The number of para-hydroxylation sites is 5. The summed E-state index contributed by atoms with van der Waals surface area (Å²) in [4.78, 5) is 2.31. The fourth-order valence-corrected chi connectivity index (χ4v) is 11.4. The second-order valence-electron chi connectivity index (χ2n) is 17.6. The Balaban J connectivity index is 0.891. The maximum absolute atomic E-state index is 7.13. The molecule has 2 aliphatic rings. The summed E-state index contributed by atoms with van der Waals surface area (Å²) < 4.78 is 9.51. The molecule has 2 heterocycles. The van der Waals surface area contributed by atoms with Gasteiger partial charge in [0.1, 0.15) is 16.8 Å². The summed E-state index contributed by atoms with van der Waals surface area (Å²) in [5.41, 5.74) is 20.6. The van der Waals surface area contributed by atoms with Crippen LogP contribution in [0.3, 0.4) is 0 Å². The fraction of sp³-hybridized carbons (Fsp3) is 0.0159. The summed E-state index contributed by atoms with van der Waals surface area (Å²) >= 11 is 0. The number of fused-ring (bicyclic) bond motifs is 15. The number of nitrogens with zero attached hydrogens (tertiary/aromatic N) is 2. The molecule has 2 aromatic heterocycles. The zero-order valence-corrected chi connectivity index (χ0v) is 35.9. The molecule has 1 spiro atoms. The molecule has 10 aromatic carbocycles. The average molecular weight is 841 g/mol. The van der Waals surface area contributed by atoms with E-state index < -0.39 is 5.41 Å². The van der Waals surface area contributed by atoms with Crippen molar-refractivity contribution in [1.82, 2.24) is 4.57 Å². The monoisotopic (exact) mass is 840 g/mol. The van der Waals surface area contributed by atoms with E-state index in [0.717, 1.165) is 39.5 Å². The quantitative estimate of drug-likeness (QED) is 0.166. The Bertz CT molecular complexity index is 3770. The van der Waals surface area contributed by atoms with Crippen LogP contribution in [0.4, 0.5) is 17.1 Å². The van der Waals surface area contributed by atoms with E-state index in [-0.39, 0.29) is 0 Å². The first kappa shape index (κ1) is 36.8. The summed E-state index contributed by atoms with van der Waals surface area (Å²) in [6.45, 7) is 0. The molecule has 66 heavy (non-hydrogen) atoms. The van der Waals surface area contributed by atoms with Gasteiger partial charge in [-0.3, -0.25) is 0 Å². The van der Waals surface area contributed by atoms with Crippen LogP contribution in [0.5, 0.6) is 0 Å². The molecule has 0 aliphatic heterocycles. The Labute approximate surface area is 382 Å². The molecule has 12 aromatic rings. The summed E-state index contributed by atoms with van der Waals surface area (Å²) in [5, 5.41) is 3.68. The first-order valence-electron chi connectivity index (χ1n) is 22.7. The minimum absolute atomic E-state index is 0.608. The van der Waals surface area contributed by atoms with Crippen LogP contribution in [-0.2, 0) is 5.41 Å². The highest BCUT2D eigenvalue weighted by atomic mass is 16.3. The van der Waals surface area contributed by atoms with Gasteiger partial charge in [-0.2, -0.15) is 0 Å². The average Bonchev–Trinajstić information content (AvgIpc) is 4.11. The molecule has 0 bridgehead atoms. The van der Waals surface area contributed by atoms with E-state index in [9.17, 15) is 0 Å². The molecule has 0 saturated carbocycles. The molecule has 3 nitrogen and oxygen atoms in total. The maximum atomic E-state index is 7.13. The lowest BCUT2D eigenvalue weighted by Crippen LogP contribution is -2.25. The first-order valence-corrected chi connectivity index (χ1v) is 22.7. The van der Waals surface area contributed by atoms with Gasteiger partial charge < -0.3 is 13.9 Å². The standard InChI is InChI=1S/C63H40N2O/c1-3-15-45(16-4-1)64(46-17-5-2-6-18-46)47-33-27-42(28-34-47)44-32-38-57-54(40-44)61-52-22-10-14-26-60(52)66-62(61)63(57)55-23-11-7-19-49(55)53-39-43(31-37-56(53)63)41-29-35-48(36-30-41)65-58-24-12-8-20-50(58)51-21-9-13-25-59(51)65/h1-40H. The molecule has 1 unspecified atom stereocenters. The van der Waals surface area contributed by atoms with Crippen molar-refractivity contribution < 1.29 is 4.42 Å². The van der Waals surface area contributed by atoms with E-state index in [1.54, 1.807) is 0 Å². The maximum Gasteiger partial charge on any atom is 0.135 e. The first-order chi connectivity index (χ1) is 32.7. The van der Waals surface area contributed by atoms with Crippen LogP contribution >= 0.6 is 0 Å². The molecule has 2 aliphatic carbocycles. The highest BCUT2D eigenvalue weighted by Crippen LogP contribution is 2.65. The third-order valence-electron chi connectivity index (χ3n) is 14.2. The van der Waals surface area contributed by atoms with Crippen molar-refractivity contribution in [1.29, 1.82) is 0 Å². The van der Waals surface area contributed by atoms with Crippen LogP contribution in [0.15, 0.2) is 247 Å². The topological polar surface area (TPSA) is 21.3 Å². The van der Waals surface area contributed by atoms with Gasteiger partial charge in [0.2, 0.25) is 0 Å². The summed E-state index contributed by atoms with van der Waals surface area (Å²) in [6, 6.07) is 88.3. The SMILES string of the molecule is c1ccc(N(c2ccccc2)c2ccc(-c3ccc4c(c3)-c3c(oc5ccccc35)C43c4ccccc4-c4cc(-c5ccc(-n6c7ccccc7c7ccccc76)cc5)ccc43)cc2)cc1. The van der Waals surface area contributed by atoms with Crippen LogP contribution in [0, 0.1) is 0 Å². The minimum Gasteiger partial charge on any atom is -0.459 e. The van der Waals surface area contributed by atoms with Gasteiger partial charge in [0, 0.05) is 44.5 Å². The normalized spacial score (nSPS) is 14.4. The van der Waals surface area contributed by atoms with Crippen molar-refractivity contribution in [2.75, 3.05) is 4.90 Å². The second kappa shape index (κ2) is 14.2. The van der Waals surface area contributed by atoms with Crippen molar-refractivity contribution in [2.45, 2.75) is 5.41 Å². The molecular weight excluding hydrogens is 801 g/mol. The summed E-state index contributed by atoms with van der Waals surface area (Å²) in [7, 11) is 0. The minimum atomic E-state index is -0.608. The van der Waals surface area contributed by atoms with Gasteiger partial charge >= 0.3 is 0 Å². The number of aromatic nitrogens is 1. The number of hydrogen-bond donors (Lipinski definition) is 0. The Morgan fingerprint density at radius 2 is 0.818 bits per heavy atom. The fourth-order valence-electron chi connectivity index (χ4n) is 11.4.